The number of rotatable bonds is 4. The molecule has 0 amide bonds. The van der Waals surface area contributed by atoms with Crippen LogP contribution in [0.3, 0.4) is 0 Å². The van der Waals surface area contributed by atoms with E-state index in [0.717, 1.165) is 5.82 Å². The molecule has 84 valence electrons. The Morgan fingerprint density at radius 3 is 3.00 bits per heavy atom. The van der Waals surface area contributed by atoms with Crippen LogP contribution < -0.4 is 15.8 Å². The quantitative estimate of drug-likeness (QED) is 0.689. The number of nitrogens with zero attached hydrogens (tertiary/aromatic N) is 3. The highest BCUT2D eigenvalue weighted by Crippen LogP contribution is 2.23. The first-order valence-corrected chi connectivity index (χ1v) is 4.68. The van der Waals surface area contributed by atoms with E-state index in [1.54, 1.807) is 12.4 Å². The summed E-state index contributed by atoms with van der Waals surface area (Å²) in [6.45, 7) is 0.511. The Kier molecular flexibility index (Phi) is 2.86. The van der Waals surface area contributed by atoms with E-state index in [0.29, 0.717) is 23.9 Å². The first kappa shape index (κ1) is 10.2. The highest BCUT2D eigenvalue weighted by atomic mass is 16.5. The maximum atomic E-state index is 5.79. The van der Waals surface area contributed by atoms with Gasteiger partial charge in [0, 0.05) is 12.4 Å². The number of ether oxygens (including phenoxy) is 1. The predicted octanol–water partition coefficient (Wildman–Crippen LogP) is 0.403. The number of aromatic nitrogens is 4. The van der Waals surface area contributed by atoms with Gasteiger partial charge in [0.15, 0.2) is 5.82 Å². The smallest absolute Gasteiger partial charge is 0.242 e. The van der Waals surface area contributed by atoms with E-state index in [1.807, 2.05) is 0 Å². The molecule has 2 rings (SSSR count). The SMILES string of the molecule is COc1ncnc(NCc2ncc[nH]2)c1N. The summed E-state index contributed by atoms with van der Waals surface area (Å²) in [5, 5.41) is 3.04. The Morgan fingerprint density at radius 2 is 2.31 bits per heavy atom. The molecule has 0 aliphatic carbocycles. The molecule has 0 aromatic carbocycles. The fourth-order valence-electron chi connectivity index (χ4n) is 1.25. The van der Waals surface area contributed by atoms with E-state index < -0.39 is 0 Å². The summed E-state index contributed by atoms with van der Waals surface area (Å²) in [6.07, 6.45) is 4.82. The topological polar surface area (TPSA) is 102 Å². The molecule has 2 aromatic heterocycles. The maximum absolute atomic E-state index is 5.79. The van der Waals surface area contributed by atoms with Gasteiger partial charge in [-0.2, -0.15) is 4.98 Å². The van der Waals surface area contributed by atoms with Crippen LogP contribution in [-0.2, 0) is 6.54 Å². The van der Waals surface area contributed by atoms with Crippen LogP contribution >= 0.6 is 0 Å². The van der Waals surface area contributed by atoms with E-state index >= 15 is 0 Å². The van der Waals surface area contributed by atoms with E-state index in [2.05, 4.69) is 25.3 Å². The van der Waals surface area contributed by atoms with Crippen molar-refractivity contribution in [2.45, 2.75) is 6.54 Å². The molecule has 0 radical (unpaired) electrons. The third kappa shape index (κ3) is 2.02. The van der Waals surface area contributed by atoms with Crippen molar-refractivity contribution in [3.63, 3.8) is 0 Å². The second-order valence-corrected chi connectivity index (χ2v) is 3.03. The third-order valence-electron chi connectivity index (χ3n) is 2.02. The van der Waals surface area contributed by atoms with Crippen molar-refractivity contribution >= 4 is 11.5 Å². The summed E-state index contributed by atoms with van der Waals surface area (Å²) in [6, 6.07) is 0. The van der Waals surface area contributed by atoms with E-state index in [1.165, 1.54) is 13.4 Å². The van der Waals surface area contributed by atoms with Crippen LogP contribution in [0.4, 0.5) is 11.5 Å². The number of hydrogen-bond acceptors (Lipinski definition) is 6. The zero-order valence-corrected chi connectivity index (χ0v) is 8.77. The summed E-state index contributed by atoms with van der Waals surface area (Å²) in [5.41, 5.74) is 6.18. The van der Waals surface area contributed by atoms with Crippen LogP contribution in [0.5, 0.6) is 5.88 Å². The standard InChI is InChI=1S/C9H12N6O/c1-16-9-7(10)8(14-5-15-9)13-4-6-11-2-3-12-6/h2-3,5H,4,10H2,1H3,(H,11,12)(H,13,14,15). The molecule has 0 fully saturated rings. The summed E-state index contributed by atoms with van der Waals surface area (Å²) in [7, 11) is 1.51. The Bertz CT molecular complexity index is 455. The van der Waals surface area contributed by atoms with Crippen molar-refractivity contribution in [1.82, 2.24) is 19.9 Å². The van der Waals surface area contributed by atoms with Crippen molar-refractivity contribution in [2.24, 2.45) is 0 Å². The van der Waals surface area contributed by atoms with E-state index in [-0.39, 0.29) is 0 Å². The average Bonchev–Trinajstić information content (AvgIpc) is 2.81. The molecule has 0 saturated carbocycles. The number of methoxy groups -OCH3 is 1. The summed E-state index contributed by atoms with van der Waals surface area (Å²) < 4.78 is 4.98. The number of nitrogens with one attached hydrogen (secondary N) is 2. The maximum Gasteiger partial charge on any atom is 0.242 e. The molecule has 16 heavy (non-hydrogen) atoms. The number of nitrogens with two attached hydrogens (primary N) is 1. The predicted molar refractivity (Wildman–Crippen MR) is 58.9 cm³/mol. The highest BCUT2D eigenvalue weighted by Gasteiger charge is 2.07. The summed E-state index contributed by atoms with van der Waals surface area (Å²) in [5.74, 6) is 1.69. The average molecular weight is 220 g/mol. The minimum absolute atomic E-state index is 0.358. The Balaban J connectivity index is 2.09. The van der Waals surface area contributed by atoms with Crippen LogP contribution in [0.1, 0.15) is 5.82 Å². The van der Waals surface area contributed by atoms with Gasteiger partial charge in [0.1, 0.15) is 17.8 Å². The van der Waals surface area contributed by atoms with Gasteiger partial charge in [-0.1, -0.05) is 0 Å². The monoisotopic (exact) mass is 220 g/mol. The van der Waals surface area contributed by atoms with Gasteiger partial charge < -0.3 is 20.8 Å². The Labute approximate surface area is 92.1 Å². The lowest BCUT2D eigenvalue weighted by atomic mass is 10.4. The fourth-order valence-corrected chi connectivity index (χ4v) is 1.25. The minimum atomic E-state index is 0.358. The van der Waals surface area contributed by atoms with Crippen LogP contribution in [0.25, 0.3) is 0 Å². The van der Waals surface area contributed by atoms with Crippen molar-refractivity contribution in [1.29, 1.82) is 0 Å². The molecule has 4 N–H and O–H groups in total. The molecule has 0 spiro atoms. The molecule has 7 heteroatoms. The molecular weight excluding hydrogens is 208 g/mol. The van der Waals surface area contributed by atoms with E-state index in [4.69, 9.17) is 10.5 Å². The van der Waals surface area contributed by atoms with Gasteiger partial charge in [0.05, 0.1) is 13.7 Å². The molecule has 0 aliphatic heterocycles. The molecule has 0 saturated heterocycles. The normalized spacial score (nSPS) is 10.1. The molecule has 2 heterocycles. The first-order valence-electron chi connectivity index (χ1n) is 4.68. The van der Waals surface area contributed by atoms with Crippen molar-refractivity contribution in [3.05, 3.63) is 24.5 Å². The minimum Gasteiger partial charge on any atom is -0.479 e. The molecule has 0 unspecified atom stereocenters. The number of aromatic amines is 1. The zero-order chi connectivity index (χ0) is 11.4. The molecule has 2 aromatic rings. The number of imidazole rings is 1. The van der Waals surface area contributed by atoms with Gasteiger partial charge in [-0.25, -0.2) is 9.97 Å². The summed E-state index contributed by atoms with van der Waals surface area (Å²) in [4.78, 5) is 14.9. The number of hydrogen-bond donors (Lipinski definition) is 3. The molecule has 0 bridgehead atoms. The van der Waals surface area contributed by atoms with Gasteiger partial charge in [-0.15, -0.1) is 0 Å². The lowest BCUT2D eigenvalue weighted by Gasteiger charge is -2.08. The second-order valence-electron chi connectivity index (χ2n) is 3.03. The lowest BCUT2D eigenvalue weighted by molar-refractivity contribution is 0.399. The number of H-pyrrole nitrogens is 1. The van der Waals surface area contributed by atoms with Gasteiger partial charge >= 0.3 is 0 Å². The lowest BCUT2D eigenvalue weighted by Crippen LogP contribution is -2.07. The first-order chi connectivity index (χ1) is 7.81. The summed E-state index contributed by atoms with van der Waals surface area (Å²) >= 11 is 0. The van der Waals surface area contributed by atoms with Crippen molar-refractivity contribution in [2.75, 3.05) is 18.2 Å². The molecular formula is C9H12N6O. The molecule has 0 atom stereocenters. The van der Waals surface area contributed by atoms with Gasteiger partial charge in [-0.05, 0) is 0 Å². The Morgan fingerprint density at radius 1 is 1.44 bits per heavy atom. The van der Waals surface area contributed by atoms with Crippen molar-refractivity contribution < 1.29 is 4.74 Å². The van der Waals surface area contributed by atoms with Crippen molar-refractivity contribution in [3.8, 4) is 5.88 Å². The fraction of sp³-hybridized carbons (Fsp3) is 0.222. The van der Waals surface area contributed by atoms with Gasteiger partial charge in [0.25, 0.3) is 0 Å². The largest absolute Gasteiger partial charge is 0.479 e. The number of anilines is 2. The Hall–Kier alpha value is -2.31. The van der Waals surface area contributed by atoms with Crippen LogP contribution in [0.2, 0.25) is 0 Å². The van der Waals surface area contributed by atoms with Crippen LogP contribution in [0, 0.1) is 0 Å². The zero-order valence-electron chi connectivity index (χ0n) is 8.77. The van der Waals surface area contributed by atoms with Crippen LogP contribution in [-0.4, -0.2) is 27.0 Å². The molecule has 7 nitrogen and oxygen atoms in total. The third-order valence-corrected chi connectivity index (χ3v) is 2.02. The second kappa shape index (κ2) is 4.47. The highest BCUT2D eigenvalue weighted by molar-refractivity contribution is 5.66. The molecule has 0 aliphatic rings. The van der Waals surface area contributed by atoms with E-state index in [9.17, 15) is 0 Å². The van der Waals surface area contributed by atoms with Crippen LogP contribution in [0.15, 0.2) is 18.7 Å². The number of nitrogen functional groups attached to an aromatic ring is 1. The van der Waals surface area contributed by atoms with Gasteiger partial charge in [0.2, 0.25) is 5.88 Å². The van der Waals surface area contributed by atoms with Gasteiger partial charge in [-0.3, -0.25) is 0 Å².